The molecule has 1 saturated heterocycles. The van der Waals surface area contributed by atoms with Crippen LogP contribution in [0.5, 0.6) is 0 Å². The van der Waals surface area contributed by atoms with E-state index in [9.17, 15) is 19.5 Å². The van der Waals surface area contributed by atoms with Crippen molar-refractivity contribution in [2.75, 3.05) is 19.7 Å². The number of aliphatic carboxylic acids is 1. The number of likely N-dealkylation sites (tertiary alicyclic amines) is 1. The summed E-state index contributed by atoms with van der Waals surface area (Å²) in [5.41, 5.74) is 4.70. The number of carbonyl (C=O) groups excluding carboxylic acids is 2. The molecule has 1 heterocycles. The molecule has 0 bridgehead atoms. The van der Waals surface area contributed by atoms with Crippen LogP contribution in [-0.4, -0.2) is 53.7 Å². The Morgan fingerprint density at radius 3 is 2.29 bits per heavy atom. The van der Waals surface area contributed by atoms with Crippen molar-refractivity contribution in [2.24, 2.45) is 11.8 Å². The molecule has 7 nitrogen and oxygen atoms in total. The lowest BCUT2D eigenvalue weighted by molar-refractivity contribution is -0.147. The molecule has 0 spiro atoms. The number of ether oxygens (including phenoxy) is 1. The van der Waals surface area contributed by atoms with Gasteiger partial charge in [0.05, 0.1) is 5.92 Å². The number of carbonyl (C=O) groups is 3. The van der Waals surface area contributed by atoms with Crippen LogP contribution in [-0.2, 0) is 14.3 Å². The number of nitrogens with zero attached hydrogens (tertiary/aromatic N) is 1. The standard InChI is InChI=1S/C28H34N2O5/c1-3-19(15-26(31)30-13-12-20(27(32)33)14-18(30)2)16-29-28(34)35-17-25-23-10-6-4-8-21(23)22-9-5-7-11-24(22)25/h4-11,18-20,25H,3,12-17H2,1-2H3,(H,29,34)(H,32,33)/t18-,19?,20-/m0/s1. The maximum atomic E-state index is 12.9. The fraction of sp³-hybridized carbons (Fsp3) is 0.464. The molecule has 2 amide bonds. The van der Waals surface area contributed by atoms with E-state index in [1.807, 2.05) is 38.1 Å². The summed E-state index contributed by atoms with van der Waals surface area (Å²) in [6, 6.07) is 16.3. The molecular formula is C28H34N2O5. The summed E-state index contributed by atoms with van der Waals surface area (Å²) in [6.45, 7) is 4.98. The first-order valence-electron chi connectivity index (χ1n) is 12.5. The van der Waals surface area contributed by atoms with Gasteiger partial charge in [-0.2, -0.15) is 0 Å². The van der Waals surface area contributed by atoms with E-state index in [-0.39, 0.29) is 36.3 Å². The molecule has 1 fully saturated rings. The molecule has 2 aromatic rings. The van der Waals surface area contributed by atoms with Crippen molar-refractivity contribution < 1.29 is 24.2 Å². The first-order valence-corrected chi connectivity index (χ1v) is 12.5. The molecule has 2 N–H and O–H groups in total. The molecule has 1 unspecified atom stereocenters. The Morgan fingerprint density at radius 2 is 1.71 bits per heavy atom. The highest BCUT2D eigenvalue weighted by Gasteiger charge is 2.33. The average Bonchev–Trinajstić information content (AvgIpc) is 3.18. The molecular weight excluding hydrogens is 444 g/mol. The highest BCUT2D eigenvalue weighted by molar-refractivity contribution is 5.79. The van der Waals surface area contributed by atoms with Crippen molar-refractivity contribution in [2.45, 2.75) is 51.5 Å². The lowest BCUT2D eigenvalue weighted by atomic mass is 9.90. The number of fused-ring (bicyclic) bond motifs is 3. The Labute approximate surface area is 206 Å². The van der Waals surface area contributed by atoms with E-state index in [0.717, 1.165) is 6.42 Å². The molecule has 7 heteroatoms. The van der Waals surface area contributed by atoms with Crippen molar-refractivity contribution in [3.63, 3.8) is 0 Å². The van der Waals surface area contributed by atoms with Gasteiger partial charge in [-0.3, -0.25) is 9.59 Å². The third kappa shape index (κ3) is 5.50. The van der Waals surface area contributed by atoms with Crippen LogP contribution in [0, 0.1) is 11.8 Å². The molecule has 2 aliphatic rings. The summed E-state index contributed by atoms with van der Waals surface area (Å²) in [5, 5.41) is 12.1. The van der Waals surface area contributed by atoms with E-state index in [2.05, 4.69) is 29.6 Å². The highest BCUT2D eigenvalue weighted by Crippen LogP contribution is 2.44. The van der Waals surface area contributed by atoms with Crippen LogP contribution < -0.4 is 5.32 Å². The molecule has 3 atom stereocenters. The normalized spacial score (nSPS) is 20.0. The first-order chi connectivity index (χ1) is 16.9. The summed E-state index contributed by atoms with van der Waals surface area (Å²) < 4.78 is 5.61. The lowest BCUT2D eigenvalue weighted by Gasteiger charge is -2.37. The molecule has 1 aliphatic heterocycles. The number of nitrogens with one attached hydrogen (secondary N) is 1. The fourth-order valence-electron chi connectivity index (χ4n) is 5.37. The van der Waals surface area contributed by atoms with E-state index in [1.54, 1.807) is 4.90 Å². The third-order valence-corrected chi connectivity index (χ3v) is 7.47. The van der Waals surface area contributed by atoms with E-state index in [4.69, 9.17) is 4.74 Å². The number of carboxylic acid groups (broad SMARTS) is 1. The predicted octanol–water partition coefficient (Wildman–Crippen LogP) is 4.65. The largest absolute Gasteiger partial charge is 0.481 e. The van der Waals surface area contributed by atoms with Crippen LogP contribution in [0.2, 0.25) is 0 Å². The Balaban J connectivity index is 1.27. The molecule has 0 radical (unpaired) electrons. The predicted molar refractivity (Wildman–Crippen MR) is 133 cm³/mol. The monoisotopic (exact) mass is 478 g/mol. The zero-order chi connectivity index (χ0) is 24.9. The molecule has 4 rings (SSSR count). The van der Waals surface area contributed by atoms with E-state index < -0.39 is 12.1 Å². The van der Waals surface area contributed by atoms with E-state index in [1.165, 1.54) is 22.3 Å². The van der Waals surface area contributed by atoms with Crippen LogP contribution in [0.25, 0.3) is 11.1 Å². The summed E-state index contributed by atoms with van der Waals surface area (Å²) >= 11 is 0. The quantitative estimate of drug-likeness (QED) is 0.576. The van der Waals surface area contributed by atoms with Crippen molar-refractivity contribution in [3.8, 4) is 11.1 Å². The number of amides is 2. The first kappa shape index (κ1) is 24.8. The van der Waals surface area contributed by atoms with Gasteiger partial charge in [0.25, 0.3) is 0 Å². The maximum Gasteiger partial charge on any atom is 0.407 e. The molecule has 35 heavy (non-hydrogen) atoms. The van der Waals surface area contributed by atoms with Crippen molar-refractivity contribution in [1.29, 1.82) is 0 Å². The number of carboxylic acids is 1. The van der Waals surface area contributed by atoms with Gasteiger partial charge < -0.3 is 20.1 Å². The molecule has 0 saturated carbocycles. The zero-order valence-electron chi connectivity index (χ0n) is 20.4. The van der Waals surface area contributed by atoms with Crippen molar-refractivity contribution >= 4 is 18.0 Å². The summed E-state index contributed by atoms with van der Waals surface area (Å²) in [4.78, 5) is 38.4. The van der Waals surface area contributed by atoms with Gasteiger partial charge in [-0.15, -0.1) is 0 Å². The maximum absolute atomic E-state index is 12.9. The number of alkyl carbamates (subject to hydrolysis) is 1. The number of rotatable bonds is 8. The topological polar surface area (TPSA) is 95.9 Å². The number of piperidine rings is 1. The zero-order valence-corrected chi connectivity index (χ0v) is 20.4. The van der Waals surface area contributed by atoms with Gasteiger partial charge >= 0.3 is 12.1 Å². The van der Waals surface area contributed by atoms with Crippen LogP contribution in [0.1, 0.15) is 56.6 Å². The molecule has 0 aromatic heterocycles. The Morgan fingerprint density at radius 1 is 1.09 bits per heavy atom. The lowest BCUT2D eigenvalue weighted by Crippen LogP contribution is -2.47. The van der Waals surface area contributed by atoms with Gasteiger partial charge in [0.2, 0.25) is 5.91 Å². The van der Waals surface area contributed by atoms with Crippen LogP contribution >= 0.6 is 0 Å². The highest BCUT2D eigenvalue weighted by atomic mass is 16.5. The van der Waals surface area contributed by atoms with Crippen LogP contribution in [0.15, 0.2) is 48.5 Å². The van der Waals surface area contributed by atoms with Gasteiger partial charge in [-0.1, -0.05) is 61.9 Å². The summed E-state index contributed by atoms with van der Waals surface area (Å²) in [7, 11) is 0. The summed E-state index contributed by atoms with van der Waals surface area (Å²) in [5.74, 6) is -1.16. The average molecular weight is 479 g/mol. The van der Waals surface area contributed by atoms with E-state index in [0.29, 0.717) is 32.4 Å². The fourth-order valence-corrected chi connectivity index (χ4v) is 5.37. The second-order valence-electron chi connectivity index (χ2n) is 9.68. The number of hydrogen-bond acceptors (Lipinski definition) is 4. The van der Waals surface area contributed by atoms with E-state index >= 15 is 0 Å². The van der Waals surface area contributed by atoms with Gasteiger partial charge in [-0.05, 0) is 47.9 Å². The smallest absolute Gasteiger partial charge is 0.407 e. The third-order valence-electron chi connectivity index (χ3n) is 7.47. The Bertz CT molecular complexity index is 1040. The Hall–Kier alpha value is -3.35. The summed E-state index contributed by atoms with van der Waals surface area (Å²) in [6.07, 6.45) is 1.56. The molecule has 186 valence electrons. The SMILES string of the molecule is CCC(CNC(=O)OCC1c2ccccc2-c2ccccc21)CC(=O)N1CC[C@H](C(=O)O)C[C@@H]1C. The van der Waals surface area contributed by atoms with Crippen LogP contribution in [0.3, 0.4) is 0 Å². The van der Waals surface area contributed by atoms with Crippen molar-refractivity contribution in [1.82, 2.24) is 10.2 Å². The second-order valence-corrected chi connectivity index (χ2v) is 9.68. The Kier molecular flexibility index (Phi) is 7.73. The molecule has 1 aliphatic carbocycles. The minimum absolute atomic E-state index is 0.00640. The minimum Gasteiger partial charge on any atom is -0.481 e. The second kappa shape index (κ2) is 10.9. The van der Waals surface area contributed by atoms with Gasteiger partial charge in [0, 0.05) is 31.5 Å². The number of hydrogen-bond donors (Lipinski definition) is 2. The van der Waals surface area contributed by atoms with Crippen molar-refractivity contribution in [3.05, 3.63) is 59.7 Å². The molecule has 2 aromatic carbocycles. The van der Waals surface area contributed by atoms with Crippen LogP contribution in [0.4, 0.5) is 4.79 Å². The van der Waals surface area contributed by atoms with Gasteiger partial charge in [0.15, 0.2) is 0 Å². The minimum atomic E-state index is -0.789. The number of benzene rings is 2. The van der Waals surface area contributed by atoms with Gasteiger partial charge in [0.1, 0.15) is 6.61 Å². The van der Waals surface area contributed by atoms with Gasteiger partial charge in [-0.25, -0.2) is 4.79 Å².